The maximum atomic E-state index is 14.6. The molecule has 14 atom stereocenters. The lowest BCUT2D eigenvalue weighted by Crippen LogP contribution is -2.62. The van der Waals surface area contributed by atoms with Gasteiger partial charge in [0.25, 0.3) is 0 Å². The second-order valence-corrected chi connectivity index (χ2v) is 23.1. The van der Waals surface area contributed by atoms with Gasteiger partial charge in [0.05, 0.1) is 29.8 Å². The van der Waals surface area contributed by atoms with Gasteiger partial charge in [0.2, 0.25) is 59.1 Å². The molecule has 1 aromatic carbocycles. The summed E-state index contributed by atoms with van der Waals surface area (Å²) in [6.45, 7) is 11.2. The Morgan fingerprint density at radius 3 is 1.70 bits per heavy atom. The summed E-state index contributed by atoms with van der Waals surface area (Å²) in [5.41, 5.74) is 28.7. The Morgan fingerprint density at radius 2 is 1.17 bits per heavy atom. The van der Waals surface area contributed by atoms with Crippen LogP contribution in [0.2, 0.25) is 0 Å². The molecule has 0 saturated carbocycles. The van der Waals surface area contributed by atoms with Crippen molar-refractivity contribution in [1.82, 2.24) is 58.5 Å². The first-order chi connectivity index (χ1) is 41.5. The van der Waals surface area contributed by atoms with Gasteiger partial charge in [0.15, 0.2) is 0 Å². The van der Waals surface area contributed by atoms with Gasteiger partial charge < -0.3 is 102 Å². The van der Waals surface area contributed by atoms with Gasteiger partial charge in [-0.25, -0.2) is 0 Å². The van der Waals surface area contributed by atoms with Gasteiger partial charge in [-0.3, -0.25) is 58.1 Å². The van der Waals surface area contributed by atoms with Crippen molar-refractivity contribution in [1.29, 1.82) is 0 Å². The average molecular weight is 1250 g/mol. The monoisotopic (exact) mass is 1250 g/mol. The molecule has 31 nitrogen and oxygen atoms in total. The van der Waals surface area contributed by atoms with Gasteiger partial charge >= 0.3 is 5.97 Å². The van der Waals surface area contributed by atoms with Crippen molar-refractivity contribution in [2.45, 2.75) is 205 Å². The molecule has 2 rings (SSSR count). The fraction of sp³-hybridized carbons (Fsp3) is 0.702. The summed E-state index contributed by atoms with van der Waals surface area (Å²) < 4.78 is 5.40. The Kier molecular flexibility index (Phi) is 34.3. The molecule has 10 amide bonds. The number of hydrogen-bond acceptors (Lipinski definition) is 21. The lowest BCUT2D eigenvalue weighted by molar-refractivity contribution is -0.160. The van der Waals surface area contributed by atoms with Crippen LogP contribution in [0, 0.1) is 11.3 Å². The van der Waals surface area contributed by atoms with Crippen LogP contribution in [0.15, 0.2) is 30.3 Å². The molecule has 498 valence electrons. The van der Waals surface area contributed by atoms with Gasteiger partial charge in [-0.15, -0.1) is 0 Å². The van der Waals surface area contributed by atoms with Crippen molar-refractivity contribution in [3.05, 3.63) is 35.9 Å². The number of carbonyl (C=O) groups is 11. The molecule has 1 saturated heterocycles. The highest BCUT2D eigenvalue weighted by Gasteiger charge is 2.39. The molecular formula is C57H100N16O15. The molecule has 0 bridgehead atoms. The fourth-order valence-electron chi connectivity index (χ4n) is 9.15. The van der Waals surface area contributed by atoms with Crippen molar-refractivity contribution in [3.8, 4) is 0 Å². The van der Waals surface area contributed by atoms with E-state index >= 15 is 0 Å². The quantitative estimate of drug-likeness (QED) is 0.0347. The van der Waals surface area contributed by atoms with Gasteiger partial charge in [-0.1, -0.05) is 51.1 Å². The topological polar surface area (TPSA) is 520 Å². The SMILES string of the molecule is CCC(C)OC(=O)C(C)(C)CC(=O)N[C@@H](CCN)C(=O)N[C@H](C(=O)N[C@@H](CCN)C(=O)N[C@H]1CCNC(=O)[C@H](C(C)O)NC(O)[C@H](CCN)NC(=O)[C@H](CCN)NC(=O)[C@H](CC(C)C)NC(=O)[C@@H](Cc2ccccc2)NC(=O)[C@H](CCN)NC1=O)C(C)O. The zero-order chi connectivity index (χ0) is 66.4. The number of aliphatic hydroxyl groups is 3. The molecule has 0 aliphatic carbocycles. The maximum absolute atomic E-state index is 14.6. The average Bonchev–Trinajstić information content (AvgIpc) is 3.56. The summed E-state index contributed by atoms with van der Waals surface area (Å²) in [6, 6.07) is -6.32. The molecule has 1 aliphatic rings. The van der Waals surface area contributed by atoms with Gasteiger partial charge in [-0.05, 0) is 130 Å². The second-order valence-electron chi connectivity index (χ2n) is 23.1. The number of carbonyl (C=O) groups excluding carboxylic acids is 11. The van der Waals surface area contributed by atoms with Crippen molar-refractivity contribution < 1.29 is 72.8 Å². The number of benzene rings is 1. The van der Waals surface area contributed by atoms with Crippen LogP contribution in [0.4, 0.5) is 0 Å². The Hall–Kier alpha value is -6.97. The third-order valence-corrected chi connectivity index (χ3v) is 14.4. The maximum Gasteiger partial charge on any atom is 0.312 e. The summed E-state index contributed by atoms with van der Waals surface area (Å²) in [4.78, 5) is 154. The van der Waals surface area contributed by atoms with E-state index in [1.807, 2.05) is 6.92 Å². The van der Waals surface area contributed by atoms with E-state index in [0.29, 0.717) is 12.0 Å². The Morgan fingerprint density at radius 1 is 0.648 bits per heavy atom. The highest BCUT2D eigenvalue weighted by atomic mass is 16.5. The molecule has 0 aromatic heterocycles. The first-order valence-corrected chi connectivity index (χ1v) is 30.0. The predicted octanol–water partition coefficient (Wildman–Crippen LogP) is -6.30. The highest BCUT2D eigenvalue weighted by Crippen LogP contribution is 2.24. The van der Waals surface area contributed by atoms with E-state index < -0.39 is 175 Å². The minimum atomic E-state index is -1.79. The number of rotatable bonds is 28. The van der Waals surface area contributed by atoms with Crippen LogP contribution in [0.1, 0.15) is 119 Å². The lowest BCUT2D eigenvalue weighted by atomic mass is 9.88. The van der Waals surface area contributed by atoms with Crippen molar-refractivity contribution in [2.75, 3.05) is 39.3 Å². The van der Waals surface area contributed by atoms with Crippen LogP contribution in [0.25, 0.3) is 0 Å². The minimum Gasteiger partial charge on any atom is -0.462 e. The molecule has 24 N–H and O–H groups in total. The largest absolute Gasteiger partial charge is 0.462 e. The molecule has 1 aliphatic heterocycles. The van der Waals surface area contributed by atoms with Gasteiger partial charge in [0.1, 0.15) is 60.6 Å². The Bertz CT molecular complexity index is 2440. The van der Waals surface area contributed by atoms with Crippen molar-refractivity contribution >= 4 is 65.0 Å². The van der Waals surface area contributed by atoms with E-state index in [0.717, 1.165) is 6.92 Å². The molecule has 1 fully saturated rings. The second kappa shape index (κ2) is 39.1. The molecule has 4 unspecified atom stereocenters. The summed E-state index contributed by atoms with van der Waals surface area (Å²) in [7, 11) is 0. The smallest absolute Gasteiger partial charge is 0.312 e. The first-order valence-electron chi connectivity index (χ1n) is 30.0. The van der Waals surface area contributed by atoms with Gasteiger partial charge in [0, 0.05) is 19.4 Å². The molecule has 1 heterocycles. The van der Waals surface area contributed by atoms with E-state index in [-0.39, 0.29) is 83.6 Å². The van der Waals surface area contributed by atoms with E-state index in [4.69, 9.17) is 33.4 Å². The van der Waals surface area contributed by atoms with Crippen LogP contribution < -0.4 is 87.2 Å². The molecule has 88 heavy (non-hydrogen) atoms. The van der Waals surface area contributed by atoms with Crippen LogP contribution in [0.3, 0.4) is 0 Å². The van der Waals surface area contributed by atoms with Crippen LogP contribution in [-0.4, -0.2) is 205 Å². The number of nitrogens with two attached hydrogens (primary N) is 5. The third-order valence-electron chi connectivity index (χ3n) is 14.4. The molecule has 31 heteroatoms. The number of nitrogens with one attached hydrogen (secondary N) is 11. The summed E-state index contributed by atoms with van der Waals surface area (Å²) in [6.07, 6.45) is -6.67. The first kappa shape index (κ1) is 77.1. The lowest BCUT2D eigenvalue weighted by Gasteiger charge is -2.31. The molecule has 0 spiro atoms. The summed E-state index contributed by atoms with van der Waals surface area (Å²) >= 11 is 0. The number of esters is 1. The Balaban J connectivity index is 2.69. The summed E-state index contributed by atoms with van der Waals surface area (Å²) in [5.74, 6) is -10.1. The number of hydrogen-bond donors (Lipinski definition) is 19. The van der Waals surface area contributed by atoms with E-state index in [1.165, 1.54) is 20.8 Å². The number of amides is 10. The zero-order valence-corrected chi connectivity index (χ0v) is 52.0. The van der Waals surface area contributed by atoms with Crippen LogP contribution >= 0.6 is 0 Å². The number of ether oxygens (including phenoxy) is 1. The standard InChI is InChI=1S/C57H100N16O15/c1-9-31(4)88-56(87)57(7,8)29-43(76)64-35(15-21-58)50(81)73-45(33(6)75)55(86)69-38(18-24-61)47(78)68-40-20-26-63-54(85)44(32(5)74)72-51(82)39(19-25-62)66-46(77)36(16-22-59)67-52(83)41(27-30(2)3)70-53(84)42(28-34-13-11-10-12-14-34)71-48(79)37(17-23-60)65-49(40)80/h10-14,30-33,35-42,44-45,51,72,74-75,82H,9,15-29,58-62H2,1-8H3,(H,63,85)(H,64,76)(H,65,80)(H,66,77)(H,67,83)(H,68,78)(H,69,86)(H,70,84)(H,71,79)(H,73,81)/t31?,32?,33?,35-,36-,37-,38-,39-,40-,41-,42+,44-,45-,51?/m0/s1. The summed E-state index contributed by atoms with van der Waals surface area (Å²) in [5, 5.41) is 61.3. The minimum absolute atomic E-state index is 0.0468. The van der Waals surface area contributed by atoms with E-state index in [2.05, 4.69) is 58.5 Å². The zero-order valence-electron chi connectivity index (χ0n) is 52.0. The molecular weight excluding hydrogens is 1150 g/mol. The highest BCUT2D eigenvalue weighted by molar-refractivity contribution is 5.98. The molecule has 0 radical (unpaired) electrons. The number of aliphatic hydroxyl groups excluding tert-OH is 3. The third kappa shape index (κ3) is 26.4. The van der Waals surface area contributed by atoms with Crippen LogP contribution in [0.5, 0.6) is 0 Å². The van der Waals surface area contributed by atoms with E-state index in [1.54, 1.807) is 51.1 Å². The van der Waals surface area contributed by atoms with Gasteiger partial charge in [-0.2, -0.15) is 0 Å². The molecule has 1 aromatic rings. The van der Waals surface area contributed by atoms with Crippen molar-refractivity contribution in [3.63, 3.8) is 0 Å². The van der Waals surface area contributed by atoms with E-state index in [9.17, 15) is 68.1 Å². The fourth-order valence-corrected chi connectivity index (χ4v) is 9.15. The van der Waals surface area contributed by atoms with Crippen molar-refractivity contribution in [2.24, 2.45) is 40.0 Å². The predicted molar refractivity (Wildman–Crippen MR) is 323 cm³/mol. The Labute approximate surface area is 514 Å². The van der Waals surface area contributed by atoms with Crippen LogP contribution in [-0.2, 0) is 63.9 Å². The normalized spacial score (nSPS) is 23.6.